The number of nitrogens with zero attached hydrogens (tertiary/aromatic N) is 2. The van der Waals surface area contributed by atoms with E-state index in [0.29, 0.717) is 0 Å². The first kappa shape index (κ1) is 18.9. The Hall–Kier alpha value is -1.18. The maximum absolute atomic E-state index is 4.67. The second-order valence-corrected chi connectivity index (χ2v) is 6.08. The molecule has 0 aliphatic heterocycles. The molecule has 0 bridgehead atoms. The molecule has 0 aromatic carbocycles. The van der Waals surface area contributed by atoms with Crippen molar-refractivity contribution in [2.45, 2.75) is 86.0 Å². The van der Waals surface area contributed by atoms with E-state index >= 15 is 0 Å². The molecular weight excluding hydrogens is 268 g/mol. The van der Waals surface area contributed by atoms with Gasteiger partial charge < -0.3 is 0 Å². The van der Waals surface area contributed by atoms with E-state index in [1.54, 1.807) is 0 Å². The van der Waals surface area contributed by atoms with Crippen LogP contribution in [0.2, 0.25) is 0 Å². The van der Waals surface area contributed by atoms with Crippen molar-refractivity contribution in [3.63, 3.8) is 0 Å². The minimum atomic E-state index is 1.19. The quantitative estimate of drug-likeness (QED) is 0.617. The van der Waals surface area contributed by atoms with Crippen LogP contribution in [0.25, 0.3) is 0 Å². The lowest BCUT2D eigenvalue weighted by Crippen LogP contribution is -2.10. The molecule has 0 unspecified atom stereocenters. The summed E-state index contributed by atoms with van der Waals surface area (Å²) < 4.78 is 0. The molecule has 2 aliphatic carbocycles. The van der Waals surface area contributed by atoms with Gasteiger partial charge in [0.2, 0.25) is 0 Å². The lowest BCUT2D eigenvalue weighted by molar-refractivity contribution is 0.659. The number of pyridine rings is 1. The van der Waals surface area contributed by atoms with Gasteiger partial charge in [-0.05, 0) is 88.8 Å². The zero-order valence-corrected chi connectivity index (χ0v) is 15.6. The smallest absolute Gasteiger partial charge is 0.0441 e. The van der Waals surface area contributed by atoms with Gasteiger partial charge in [-0.25, -0.2) is 0 Å². The van der Waals surface area contributed by atoms with Gasteiger partial charge in [0.25, 0.3) is 0 Å². The summed E-state index contributed by atoms with van der Waals surface area (Å²) in [5.41, 5.74) is 8.42. The molecule has 22 heavy (non-hydrogen) atoms. The first-order valence-electron chi connectivity index (χ1n) is 9.03. The highest BCUT2D eigenvalue weighted by Gasteiger charge is 2.15. The van der Waals surface area contributed by atoms with Gasteiger partial charge in [-0.2, -0.15) is 0 Å². The molecule has 2 heteroatoms. The number of aliphatic imine (C=N–C) groups is 1. The minimum Gasteiger partial charge on any atom is -0.297 e. The van der Waals surface area contributed by atoms with Crippen LogP contribution in [0.1, 0.15) is 80.5 Å². The van der Waals surface area contributed by atoms with Gasteiger partial charge in [0.05, 0.1) is 0 Å². The third-order valence-corrected chi connectivity index (χ3v) is 4.80. The maximum atomic E-state index is 4.67. The molecule has 0 radical (unpaired) electrons. The summed E-state index contributed by atoms with van der Waals surface area (Å²) in [5, 5.41) is 0. The summed E-state index contributed by atoms with van der Waals surface area (Å²) in [7, 11) is 1.89. The Morgan fingerprint density at radius 1 is 0.773 bits per heavy atom. The molecule has 0 atom stereocenters. The molecular formula is C20H34N2. The maximum Gasteiger partial charge on any atom is 0.0441 e. The molecule has 0 N–H and O–H groups in total. The van der Waals surface area contributed by atoms with E-state index in [0.717, 1.165) is 0 Å². The van der Waals surface area contributed by atoms with Crippen LogP contribution in [0.5, 0.6) is 0 Å². The molecule has 1 heterocycles. The molecule has 1 saturated carbocycles. The number of aryl methyl sites for hydroxylation is 2. The standard InChI is InChI=1S/C12H17N.C6H11N.C2H6/c1-8-9(2)11-6-4-5-7-12(11)13-10(8)3;1-7-6-4-2-3-5-6;1-2/h4-7H2,1-3H3;2-5H2,1H3;1-2H3. The molecule has 3 rings (SSSR count). The SMILES string of the molecule is CC.CN=C1CCCC1.Cc1nc2c(c(C)c1C)CCCC2. The van der Waals surface area contributed by atoms with Crippen LogP contribution in [-0.4, -0.2) is 17.7 Å². The fourth-order valence-corrected chi connectivity index (χ4v) is 3.21. The number of rotatable bonds is 0. The van der Waals surface area contributed by atoms with Crippen molar-refractivity contribution < 1.29 is 0 Å². The Labute approximate surface area is 137 Å². The average molecular weight is 303 g/mol. The van der Waals surface area contributed by atoms with Crippen molar-refractivity contribution in [3.05, 3.63) is 28.1 Å². The monoisotopic (exact) mass is 302 g/mol. The summed E-state index contributed by atoms with van der Waals surface area (Å²) in [5.74, 6) is 0. The first-order chi connectivity index (χ1) is 10.6. The molecule has 0 saturated heterocycles. The largest absolute Gasteiger partial charge is 0.297 e. The first-order valence-corrected chi connectivity index (χ1v) is 9.03. The number of fused-ring (bicyclic) bond motifs is 1. The Balaban J connectivity index is 0.000000228. The Morgan fingerprint density at radius 3 is 1.86 bits per heavy atom. The zero-order valence-electron chi connectivity index (χ0n) is 15.6. The van der Waals surface area contributed by atoms with Crippen LogP contribution >= 0.6 is 0 Å². The van der Waals surface area contributed by atoms with Gasteiger partial charge in [-0.1, -0.05) is 13.8 Å². The van der Waals surface area contributed by atoms with Crippen LogP contribution in [-0.2, 0) is 12.8 Å². The molecule has 124 valence electrons. The molecule has 2 nitrogen and oxygen atoms in total. The van der Waals surface area contributed by atoms with E-state index in [1.165, 1.54) is 85.2 Å². The van der Waals surface area contributed by atoms with Crippen LogP contribution in [0.4, 0.5) is 0 Å². The molecule has 1 aromatic rings. The Morgan fingerprint density at radius 2 is 1.32 bits per heavy atom. The van der Waals surface area contributed by atoms with E-state index < -0.39 is 0 Å². The van der Waals surface area contributed by atoms with E-state index in [4.69, 9.17) is 0 Å². The third-order valence-electron chi connectivity index (χ3n) is 4.80. The van der Waals surface area contributed by atoms with E-state index in [2.05, 4.69) is 30.7 Å². The topological polar surface area (TPSA) is 25.2 Å². The third kappa shape index (κ3) is 4.93. The summed E-state index contributed by atoms with van der Waals surface area (Å²) in [6, 6.07) is 0. The van der Waals surface area contributed by atoms with Crippen LogP contribution in [0.15, 0.2) is 4.99 Å². The average Bonchev–Trinajstić information content (AvgIpc) is 3.09. The second-order valence-electron chi connectivity index (χ2n) is 6.08. The van der Waals surface area contributed by atoms with Crippen molar-refractivity contribution in [2.24, 2.45) is 4.99 Å². The zero-order chi connectivity index (χ0) is 16.5. The normalized spacial score (nSPS) is 16.0. The minimum absolute atomic E-state index is 1.19. The van der Waals surface area contributed by atoms with Gasteiger partial charge in [-0.3, -0.25) is 9.98 Å². The predicted octanol–water partition coefficient (Wildman–Crippen LogP) is 5.54. The van der Waals surface area contributed by atoms with Gasteiger partial charge in [-0.15, -0.1) is 0 Å². The van der Waals surface area contributed by atoms with Crippen molar-refractivity contribution in [3.8, 4) is 0 Å². The number of hydrogen-bond donors (Lipinski definition) is 0. The second kappa shape index (κ2) is 9.76. The van der Waals surface area contributed by atoms with Crippen LogP contribution in [0, 0.1) is 20.8 Å². The van der Waals surface area contributed by atoms with Crippen molar-refractivity contribution >= 4 is 5.71 Å². The molecule has 0 amide bonds. The van der Waals surface area contributed by atoms with Crippen LogP contribution in [0.3, 0.4) is 0 Å². The van der Waals surface area contributed by atoms with Crippen molar-refractivity contribution in [1.82, 2.24) is 4.98 Å². The van der Waals surface area contributed by atoms with Gasteiger partial charge in [0.1, 0.15) is 0 Å². The van der Waals surface area contributed by atoms with Crippen LogP contribution < -0.4 is 0 Å². The van der Waals surface area contributed by atoms with Crippen molar-refractivity contribution in [1.29, 1.82) is 0 Å². The summed E-state index contributed by atoms with van der Waals surface area (Å²) >= 11 is 0. The van der Waals surface area contributed by atoms with Gasteiger partial charge in [0, 0.05) is 24.1 Å². The van der Waals surface area contributed by atoms with Gasteiger partial charge >= 0.3 is 0 Å². The van der Waals surface area contributed by atoms with E-state index in [1.807, 2.05) is 20.9 Å². The highest BCUT2D eigenvalue weighted by molar-refractivity contribution is 5.85. The molecule has 2 aliphatic rings. The Bertz CT molecular complexity index is 493. The van der Waals surface area contributed by atoms with Gasteiger partial charge in [0.15, 0.2) is 0 Å². The number of hydrogen-bond acceptors (Lipinski definition) is 2. The molecule has 1 aromatic heterocycles. The molecule has 0 spiro atoms. The highest BCUT2D eigenvalue weighted by atomic mass is 14.7. The predicted molar refractivity (Wildman–Crippen MR) is 98.3 cm³/mol. The summed E-state index contributed by atoms with van der Waals surface area (Å²) in [6.45, 7) is 10.6. The lowest BCUT2D eigenvalue weighted by Gasteiger charge is -2.19. The summed E-state index contributed by atoms with van der Waals surface area (Å²) in [4.78, 5) is 8.78. The van der Waals surface area contributed by atoms with Crippen molar-refractivity contribution in [2.75, 3.05) is 7.05 Å². The number of aromatic nitrogens is 1. The Kier molecular flexibility index (Phi) is 8.37. The summed E-state index contributed by atoms with van der Waals surface area (Å²) in [6.07, 6.45) is 10.4. The molecule has 1 fully saturated rings. The highest BCUT2D eigenvalue weighted by Crippen LogP contribution is 2.25. The fraction of sp³-hybridized carbons (Fsp3) is 0.700. The fourth-order valence-electron chi connectivity index (χ4n) is 3.21. The lowest BCUT2D eigenvalue weighted by atomic mass is 9.90. The van der Waals surface area contributed by atoms with E-state index in [9.17, 15) is 0 Å². The van der Waals surface area contributed by atoms with E-state index in [-0.39, 0.29) is 0 Å².